The lowest BCUT2D eigenvalue weighted by Crippen LogP contribution is -2.73. The van der Waals surface area contributed by atoms with Gasteiger partial charge in [-0.2, -0.15) is 0 Å². The van der Waals surface area contributed by atoms with Gasteiger partial charge in [0.1, 0.15) is 12.2 Å². The molecule has 0 bridgehead atoms. The van der Waals surface area contributed by atoms with Crippen LogP contribution in [0, 0.1) is 33.5 Å². The van der Waals surface area contributed by atoms with Gasteiger partial charge in [-0.1, -0.05) is 57.5 Å². The van der Waals surface area contributed by atoms with Crippen molar-refractivity contribution in [2.75, 3.05) is 6.61 Å². The zero-order chi connectivity index (χ0) is 29.7. The first kappa shape index (κ1) is 27.9. The Kier molecular flexibility index (Phi) is 6.18. The Bertz CT molecular complexity index is 1420. The first-order chi connectivity index (χ1) is 20.0. The molecule has 7 rings (SSSR count). The first-order valence-corrected chi connectivity index (χ1v) is 15.4. The molecule has 224 valence electrons. The van der Waals surface area contributed by atoms with Gasteiger partial charge in [0.15, 0.2) is 0 Å². The summed E-state index contributed by atoms with van der Waals surface area (Å²) < 4.78 is 24.5. The van der Waals surface area contributed by atoms with E-state index < -0.39 is 40.7 Å². The van der Waals surface area contributed by atoms with Crippen molar-refractivity contribution in [3.05, 3.63) is 71.7 Å². The van der Waals surface area contributed by atoms with Gasteiger partial charge >= 0.3 is 11.9 Å². The van der Waals surface area contributed by atoms with Crippen LogP contribution in [-0.2, 0) is 19.0 Å². The lowest BCUT2D eigenvalue weighted by atomic mass is 9.36. The monoisotopic (exact) mass is 574 g/mol. The molecule has 1 aromatic carbocycles. The van der Waals surface area contributed by atoms with E-state index in [-0.39, 0.29) is 35.1 Å². The fourth-order valence-corrected chi connectivity index (χ4v) is 10.8. The molecular formula is C35H42O7. The number of esters is 2. The van der Waals surface area contributed by atoms with Crippen molar-refractivity contribution < 1.29 is 33.3 Å². The number of rotatable bonds is 4. The third kappa shape index (κ3) is 3.53. The number of ether oxygens (including phenoxy) is 3. The molecule has 1 saturated heterocycles. The minimum Gasteiger partial charge on any atom is -0.472 e. The normalized spacial score (nSPS) is 45.3. The van der Waals surface area contributed by atoms with Crippen molar-refractivity contribution in [2.24, 2.45) is 33.5 Å². The summed E-state index contributed by atoms with van der Waals surface area (Å²) in [5.41, 5.74) is 1.21. The minimum absolute atomic E-state index is 0.0246. The largest absolute Gasteiger partial charge is 0.472 e. The highest BCUT2D eigenvalue weighted by Gasteiger charge is 2.77. The van der Waals surface area contributed by atoms with Gasteiger partial charge in [0.2, 0.25) is 0 Å². The van der Waals surface area contributed by atoms with Crippen LogP contribution in [0.3, 0.4) is 0 Å². The van der Waals surface area contributed by atoms with Crippen molar-refractivity contribution >= 4 is 11.9 Å². The Labute approximate surface area is 247 Å². The van der Waals surface area contributed by atoms with E-state index in [0.717, 1.165) is 19.3 Å². The second kappa shape index (κ2) is 9.30. The third-order valence-electron chi connectivity index (χ3n) is 12.5. The number of carbonyl (C=O) groups excluding carboxylic acids is 2. The van der Waals surface area contributed by atoms with Gasteiger partial charge in [-0.3, -0.25) is 4.79 Å². The number of fused-ring (bicyclic) bond motifs is 4. The van der Waals surface area contributed by atoms with E-state index in [1.165, 1.54) is 18.1 Å². The van der Waals surface area contributed by atoms with Crippen LogP contribution < -0.4 is 0 Å². The Morgan fingerprint density at radius 1 is 1.02 bits per heavy atom. The maximum Gasteiger partial charge on any atom is 0.338 e. The maximum absolute atomic E-state index is 13.6. The summed E-state index contributed by atoms with van der Waals surface area (Å²) >= 11 is 0. The lowest BCUT2D eigenvalue weighted by Gasteiger charge is -2.69. The molecule has 5 aliphatic rings. The lowest BCUT2D eigenvalue weighted by molar-refractivity contribution is -0.257. The molecule has 42 heavy (non-hydrogen) atoms. The highest BCUT2D eigenvalue weighted by molar-refractivity contribution is 5.89. The van der Waals surface area contributed by atoms with E-state index in [2.05, 4.69) is 39.8 Å². The Morgan fingerprint density at radius 2 is 1.79 bits per heavy atom. The van der Waals surface area contributed by atoms with Gasteiger partial charge in [-0.05, 0) is 60.3 Å². The number of aliphatic hydroxyl groups excluding tert-OH is 1. The highest BCUT2D eigenvalue weighted by atomic mass is 16.6. The van der Waals surface area contributed by atoms with Crippen LogP contribution >= 0.6 is 0 Å². The molecule has 0 amide bonds. The van der Waals surface area contributed by atoms with Gasteiger partial charge in [0.05, 0.1) is 36.9 Å². The molecule has 4 fully saturated rings. The summed E-state index contributed by atoms with van der Waals surface area (Å²) in [5.74, 6) is -0.603. The third-order valence-corrected chi connectivity index (χ3v) is 12.5. The molecule has 11 atom stereocenters. The van der Waals surface area contributed by atoms with Gasteiger partial charge in [-0.25, -0.2) is 4.79 Å². The van der Waals surface area contributed by atoms with Crippen molar-refractivity contribution in [2.45, 2.75) is 90.6 Å². The first-order valence-electron chi connectivity index (χ1n) is 15.4. The predicted molar refractivity (Wildman–Crippen MR) is 154 cm³/mol. The summed E-state index contributed by atoms with van der Waals surface area (Å²) in [6.07, 6.45) is 6.84. The molecule has 0 spiro atoms. The van der Waals surface area contributed by atoms with Crippen molar-refractivity contribution in [1.82, 2.24) is 0 Å². The second-order valence-electron chi connectivity index (χ2n) is 14.4. The van der Waals surface area contributed by atoms with E-state index in [4.69, 9.17) is 18.6 Å². The van der Waals surface area contributed by atoms with Crippen LogP contribution in [0.15, 0.2) is 65.0 Å². The van der Waals surface area contributed by atoms with Crippen LogP contribution in [-0.4, -0.2) is 48.1 Å². The second-order valence-corrected chi connectivity index (χ2v) is 14.4. The molecule has 3 saturated carbocycles. The summed E-state index contributed by atoms with van der Waals surface area (Å²) in [4.78, 5) is 25.9. The number of benzene rings is 1. The number of hydrogen-bond donors (Lipinski definition) is 1. The molecular weight excluding hydrogens is 532 g/mol. The predicted octanol–water partition coefficient (Wildman–Crippen LogP) is 6.08. The summed E-state index contributed by atoms with van der Waals surface area (Å²) in [6, 6.07) is 11.1. The molecule has 1 aliphatic heterocycles. The number of hydrogen-bond acceptors (Lipinski definition) is 7. The van der Waals surface area contributed by atoms with E-state index in [9.17, 15) is 14.7 Å². The van der Waals surface area contributed by atoms with Gasteiger partial charge in [0.25, 0.3) is 0 Å². The summed E-state index contributed by atoms with van der Waals surface area (Å²) in [5, 5.41) is 12.4. The average Bonchev–Trinajstić information content (AvgIpc) is 3.69. The van der Waals surface area contributed by atoms with E-state index in [1.807, 2.05) is 24.5 Å². The molecule has 1 N–H and O–H groups in total. The van der Waals surface area contributed by atoms with Crippen molar-refractivity contribution in [3.63, 3.8) is 0 Å². The van der Waals surface area contributed by atoms with Crippen molar-refractivity contribution in [1.29, 1.82) is 0 Å². The van der Waals surface area contributed by atoms with Crippen molar-refractivity contribution in [3.8, 4) is 0 Å². The Balaban J connectivity index is 1.34. The van der Waals surface area contributed by atoms with E-state index in [0.29, 0.717) is 18.6 Å². The highest BCUT2D eigenvalue weighted by Crippen LogP contribution is 2.75. The molecule has 2 aromatic rings. The molecule has 0 radical (unpaired) electrons. The number of furan rings is 1. The van der Waals surface area contributed by atoms with Crippen LogP contribution in [0.5, 0.6) is 0 Å². The fraction of sp³-hybridized carbons (Fsp3) is 0.600. The number of carbonyl (C=O) groups is 2. The molecule has 1 aromatic heterocycles. The van der Waals surface area contributed by atoms with Crippen LogP contribution in [0.4, 0.5) is 0 Å². The zero-order valence-electron chi connectivity index (χ0n) is 25.2. The molecule has 4 aliphatic carbocycles. The Morgan fingerprint density at radius 3 is 2.48 bits per heavy atom. The van der Waals surface area contributed by atoms with Gasteiger partial charge in [-0.15, -0.1) is 0 Å². The van der Waals surface area contributed by atoms with Gasteiger partial charge in [0, 0.05) is 35.5 Å². The van der Waals surface area contributed by atoms with E-state index in [1.54, 1.807) is 18.4 Å². The van der Waals surface area contributed by atoms with Crippen LogP contribution in [0.25, 0.3) is 0 Å². The Hall–Kier alpha value is -2.90. The SMILES string of the molecule is CC(=O)O[C@@H]1C[C@H](OC(=O)c2ccccc2)[C@@]2(C)[C@H]3[C@H](OC[C@]13C)[C@@H](O)[C@@]1(C)C3=CC[C@@H](c4ccoc4)[C@]3(C)CC[C@@H]12. The van der Waals surface area contributed by atoms with Crippen LogP contribution in [0.2, 0.25) is 0 Å². The molecule has 7 heteroatoms. The average molecular weight is 575 g/mol. The number of allylic oxidation sites excluding steroid dienone is 1. The molecule has 7 nitrogen and oxygen atoms in total. The van der Waals surface area contributed by atoms with E-state index >= 15 is 0 Å². The molecule has 0 unspecified atom stereocenters. The topological polar surface area (TPSA) is 95.2 Å². The summed E-state index contributed by atoms with van der Waals surface area (Å²) in [7, 11) is 0. The van der Waals surface area contributed by atoms with Crippen LogP contribution in [0.1, 0.15) is 82.1 Å². The fourth-order valence-electron chi connectivity index (χ4n) is 10.8. The maximum atomic E-state index is 13.6. The van der Waals surface area contributed by atoms with Gasteiger partial charge < -0.3 is 23.7 Å². The smallest absolute Gasteiger partial charge is 0.338 e. The molecule has 2 heterocycles. The minimum atomic E-state index is -0.752. The standard InChI is InChI=1S/C35H42O7/c1-20(36)41-26-17-27(42-31(38)21-9-7-6-8-10-21)35(5)25-13-15-32(2)23(22-14-16-39-18-22)11-12-24(32)34(25,4)30(37)28-29(35)33(26,3)19-40-28/h6-10,12,14,16,18,23,25-30,37H,11,13,15,17,19H2,1-5H3/t23-,25-,26+,27-,28-,29-,30+,32-,33+,34-,35-/m0/s1. The quantitative estimate of drug-likeness (QED) is 0.349. The number of aliphatic hydroxyl groups is 1. The zero-order valence-corrected chi connectivity index (χ0v) is 25.2. The summed E-state index contributed by atoms with van der Waals surface area (Å²) in [6.45, 7) is 10.8.